The van der Waals surface area contributed by atoms with E-state index in [1.165, 1.54) is 7.11 Å². The van der Waals surface area contributed by atoms with Gasteiger partial charge in [-0.15, -0.1) is 0 Å². The Labute approximate surface area is 40.8 Å². The van der Waals surface area contributed by atoms with Gasteiger partial charge in [-0.05, 0) is 0 Å². The zero-order chi connectivity index (χ0) is 5.86. The smallest absolute Gasteiger partial charge is 0.438 e. The molecule has 0 spiro atoms. The van der Waals surface area contributed by atoms with Crippen LogP contribution in [-0.4, -0.2) is 13.2 Å². The number of carbonyl (C=O) groups excluding carboxylic acids is 1. The number of amides is 1. The summed E-state index contributed by atoms with van der Waals surface area (Å²) in [5.41, 5.74) is 0. The molecule has 1 unspecified atom stereocenters. The van der Waals surface area contributed by atoms with Crippen molar-refractivity contribution in [3.63, 3.8) is 0 Å². The Morgan fingerprint density at radius 1 is 2.00 bits per heavy atom. The second-order valence-corrected chi connectivity index (χ2v) is 0.905. The highest BCUT2D eigenvalue weighted by Gasteiger charge is 2.01. The molecule has 0 rings (SSSR count). The minimum atomic E-state index is -0.792. The van der Waals surface area contributed by atoms with Crippen molar-refractivity contribution in [1.29, 1.82) is 0 Å². The predicted octanol–water partition coefficient (Wildman–Crippen LogP) is -1.52. The van der Waals surface area contributed by atoms with Crippen LogP contribution in [0.25, 0.3) is 5.84 Å². The van der Waals surface area contributed by atoms with E-state index in [-0.39, 0.29) is 0 Å². The summed E-state index contributed by atoms with van der Waals surface area (Å²) in [4.78, 5) is 9.94. The van der Waals surface area contributed by atoms with E-state index < -0.39 is 11.2 Å². The van der Waals surface area contributed by atoms with Crippen LogP contribution in [0.15, 0.2) is 0 Å². The molecule has 7 heavy (non-hydrogen) atoms. The molecule has 0 aliphatic carbocycles. The number of ether oxygens (including phenoxy) is 1. The van der Waals surface area contributed by atoms with Crippen molar-refractivity contribution in [2.24, 2.45) is 5.84 Å². The maximum Gasteiger partial charge on any atom is 0.523 e. The first-order valence-electron chi connectivity index (χ1n) is 1.61. The molecule has 0 aromatic heterocycles. The van der Waals surface area contributed by atoms with Gasteiger partial charge in [-0.3, -0.25) is 0 Å². The first-order valence-corrected chi connectivity index (χ1v) is 1.61. The normalized spacial score (nSPS) is 13.0. The molecule has 0 aliphatic rings. The van der Waals surface area contributed by atoms with Crippen molar-refractivity contribution in [2.45, 2.75) is 0 Å². The number of methoxy groups -OCH3 is 1. The van der Waals surface area contributed by atoms with Crippen LogP contribution >= 0.6 is 0 Å². The molecule has 4 N–H and O–H groups in total. The van der Waals surface area contributed by atoms with Gasteiger partial charge in [0.25, 0.3) is 0 Å². The van der Waals surface area contributed by atoms with Crippen molar-refractivity contribution in [2.75, 3.05) is 7.11 Å². The second kappa shape index (κ2) is 2.51. The Morgan fingerprint density at radius 3 is 2.43 bits per heavy atom. The van der Waals surface area contributed by atoms with Crippen LogP contribution in [-0.2, 0) is 4.74 Å². The number of hydrogen-bond acceptors (Lipinski definition) is 3. The molecule has 1 atom stereocenters. The predicted molar refractivity (Wildman–Crippen MR) is 21.9 cm³/mol. The van der Waals surface area contributed by atoms with Crippen LogP contribution in [0.3, 0.4) is 0 Å². The summed E-state index contributed by atoms with van der Waals surface area (Å²) in [6.45, 7) is 0. The van der Waals surface area contributed by atoms with Crippen LogP contribution in [0.5, 0.6) is 0 Å². The second-order valence-electron chi connectivity index (χ2n) is 0.905. The maximum absolute atomic E-state index is 9.94. The molecule has 0 aromatic rings. The van der Waals surface area contributed by atoms with Gasteiger partial charge in [-0.25, -0.2) is 5.12 Å². The Hall–Kier alpha value is -0.650. The van der Waals surface area contributed by atoms with E-state index in [2.05, 4.69) is 10.6 Å². The number of hydrogen-bond donors (Lipinski definition) is 2. The average Bonchev–Trinajstić information content (AvgIpc) is 1.65. The molecule has 0 fully saturated rings. The lowest BCUT2D eigenvalue weighted by molar-refractivity contribution is -0.781. The fourth-order valence-corrected chi connectivity index (χ4v) is 0.110. The third-order valence-electron chi connectivity index (χ3n) is 0.405. The topological polar surface area (TPSA) is 80.6 Å². The molecule has 0 heterocycles. The van der Waals surface area contributed by atoms with Crippen LogP contribution in [0.4, 0.5) is 4.79 Å². The van der Waals surface area contributed by atoms with Gasteiger partial charge in [0.1, 0.15) is 0 Å². The van der Waals surface area contributed by atoms with Crippen LogP contribution in [0.1, 0.15) is 0 Å². The fraction of sp³-hybridized carbons (Fsp3) is 0.500. The monoisotopic (exact) mass is 105 g/mol. The van der Waals surface area contributed by atoms with Crippen LogP contribution in [0.2, 0.25) is 0 Å². The van der Waals surface area contributed by atoms with Crippen molar-refractivity contribution in [3.05, 3.63) is 5.84 Å². The third kappa shape index (κ3) is 2.10. The van der Waals surface area contributed by atoms with Gasteiger partial charge in [-0.2, -0.15) is 10.6 Å². The largest absolute Gasteiger partial charge is 0.523 e. The Kier molecular flexibility index (Phi) is 2.28. The number of quaternary nitrogens is 1. The van der Waals surface area contributed by atoms with Gasteiger partial charge in [0.15, 0.2) is 0 Å². The van der Waals surface area contributed by atoms with E-state index in [1.807, 2.05) is 0 Å². The van der Waals surface area contributed by atoms with Crippen LogP contribution in [0, 0.1) is 0 Å². The van der Waals surface area contributed by atoms with Gasteiger partial charge < -0.3 is 10.6 Å². The minimum absolute atomic E-state index is 0.567. The zero-order valence-corrected chi connectivity index (χ0v) is 3.89. The molecular formula is C2H7N3O2. The van der Waals surface area contributed by atoms with E-state index in [0.29, 0.717) is 0 Å². The first kappa shape index (κ1) is 6.35. The summed E-state index contributed by atoms with van der Waals surface area (Å²) in [6.07, 6.45) is -0.792. The highest BCUT2D eigenvalue weighted by Crippen LogP contribution is 1.56. The lowest BCUT2D eigenvalue weighted by Crippen LogP contribution is -3.14. The van der Waals surface area contributed by atoms with Gasteiger partial charge in [0.2, 0.25) is 0 Å². The molecule has 42 valence electrons. The Balaban J connectivity index is 3.35. The van der Waals surface area contributed by atoms with E-state index in [0.717, 1.165) is 0 Å². The van der Waals surface area contributed by atoms with Crippen molar-refractivity contribution in [3.8, 4) is 0 Å². The van der Waals surface area contributed by atoms with Gasteiger partial charge in [0, 0.05) is 0 Å². The summed E-state index contributed by atoms with van der Waals surface area (Å²) in [7, 11) is 1.17. The van der Waals surface area contributed by atoms with E-state index >= 15 is 0 Å². The van der Waals surface area contributed by atoms with Gasteiger partial charge in [0.05, 0.1) is 7.11 Å². The molecule has 5 nitrogen and oxygen atoms in total. The fourth-order valence-electron chi connectivity index (χ4n) is 0.110. The summed E-state index contributed by atoms with van der Waals surface area (Å²) in [6, 6.07) is 0. The Morgan fingerprint density at radius 2 is 2.43 bits per heavy atom. The highest BCUT2D eigenvalue weighted by molar-refractivity contribution is 5.56. The van der Waals surface area contributed by atoms with Crippen molar-refractivity contribution in [1.82, 2.24) is 0 Å². The number of nitrogens with one attached hydrogen (secondary N) is 2. The SMILES string of the molecule is COC(=O)[NH+]([NH-])N. The number of nitrogens with two attached hydrogens (primary N) is 1. The lowest BCUT2D eigenvalue weighted by atomic mass is 11.2. The molecule has 0 saturated carbocycles. The minimum Gasteiger partial charge on any atom is -0.438 e. The van der Waals surface area contributed by atoms with E-state index in [1.54, 1.807) is 0 Å². The zero-order valence-electron chi connectivity index (χ0n) is 3.89. The van der Waals surface area contributed by atoms with Crippen LogP contribution < -0.4 is 11.0 Å². The highest BCUT2D eigenvalue weighted by atomic mass is 16.5. The molecule has 0 saturated heterocycles. The van der Waals surface area contributed by atoms with Crippen molar-refractivity contribution >= 4 is 6.09 Å². The molecule has 0 bridgehead atoms. The van der Waals surface area contributed by atoms with Gasteiger partial charge in [-0.1, -0.05) is 0 Å². The average molecular weight is 105 g/mol. The summed E-state index contributed by atoms with van der Waals surface area (Å²) in [5.74, 6) is 11.1. The quantitative estimate of drug-likeness (QED) is 0.223. The molecule has 5 heteroatoms. The lowest BCUT2D eigenvalue weighted by Gasteiger charge is -2.06. The first-order chi connectivity index (χ1) is 3.18. The van der Waals surface area contributed by atoms with E-state index in [4.69, 9.17) is 5.84 Å². The maximum atomic E-state index is 9.94. The molecule has 1 amide bonds. The molecule has 0 aliphatic heterocycles. The summed E-state index contributed by atoms with van der Waals surface area (Å²) < 4.78 is 4.02. The Bertz CT molecular complexity index is 71.3. The van der Waals surface area contributed by atoms with Crippen molar-refractivity contribution < 1.29 is 14.6 Å². The standard InChI is InChI=1S/C2H7N3O2/c1-7-2(6)5(3)4/h3,5H,4H2,1H3. The summed E-state index contributed by atoms with van der Waals surface area (Å²) in [5, 5.41) is -0.567. The van der Waals surface area contributed by atoms with Gasteiger partial charge >= 0.3 is 6.09 Å². The molecule has 0 radical (unpaired) electrons. The summed E-state index contributed by atoms with van der Waals surface area (Å²) >= 11 is 0. The molecular weight excluding hydrogens is 98.0 g/mol. The molecule has 0 aromatic carbocycles. The number of rotatable bonds is 0. The van der Waals surface area contributed by atoms with E-state index in [9.17, 15) is 4.79 Å². The third-order valence-corrected chi connectivity index (χ3v) is 0.405. The number of carbonyl (C=O) groups is 1.